The molecule has 4 N–H and O–H groups in total. The number of carbonyl (C=O) groups is 4. The molecular weight excluding hydrogens is 781 g/mol. The molecule has 3 heterocycles. The second kappa shape index (κ2) is 20.6. The summed E-state index contributed by atoms with van der Waals surface area (Å²) in [6.45, 7) is 12.3. The summed E-state index contributed by atoms with van der Waals surface area (Å²) in [6, 6.07) is 30.2. The van der Waals surface area contributed by atoms with Crippen molar-refractivity contribution < 1.29 is 24.3 Å². The van der Waals surface area contributed by atoms with E-state index in [1.807, 2.05) is 138 Å². The second-order valence-electron chi connectivity index (χ2n) is 17.4. The first kappa shape index (κ1) is 45.3. The van der Waals surface area contributed by atoms with Gasteiger partial charge in [-0.15, -0.1) is 0 Å². The molecule has 0 bridgehead atoms. The fourth-order valence-electron chi connectivity index (χ4n) is 7.99. The van der Waals surface area contributed by atoms with Crippen LogP contribution in [-0.2, 0) is 33.9 Å². The summed E-state index contributed by atoms with van der Waals surface area (Å²) in [6.07, 6.45) is 3.23. The number of para-hydroxylation sites is 1. The lowest BCUT2D eigenvalue weighted by molar-refractivity contribution is -0.135. The van der Waals surface area contributed by atoms with Crippen LogP contribution in [0.15, 0.2) is 116 Å². The summed E-state index contributed by atoms with van der Waals surface area (Å²) in [5, 5.41) is 20.8. The van der Waals surface area contributed by atoms with Gasteiger partial charge in [0.05, 0.1) is 23.4 Å². The van der Waals surface area contributed by atoms with Crippen LogP contribution in [0.2, 0.25) is 0 Å². The molecule has 1 aliphatic heterocycles. The van der Waals surface area contributed by atoms with Crippen LogP contribution in [0.5, 0.6) is 0 Å². The predicted molar refractivity (Wildman–Crippen MR) is 241 cm³/mol. The lowest BCUT2D eigenvalue weighted by atomic mass is 9.86. The molecule has 62 heavy (non-hydrogen) atoms. The Morgan fingerprint density at radius 1 is 0.823 bits per heavy atom. The van der Waals surface area contributed by atoms with Crippen LogP contribution in [0, 0.1) is 11.3 Å². The van der Waals surface area contributed by atoms with E-state index in [4.69, 9.17) is 0 Å². The number of fused-ring (bicyclic) bond motifs is 1. The minimum atomic E-state index is -1.19. The number of nitrogens with one attached hydrogen (secondary N) is 3. The second-order valence-corrected chi connectivity index (χ2v) is 17.4. The van der Waals surface area contributed by atoms with Crippen LogP contribution in [-0.4, -0.2) is 97.5 Å². The molecule has 1 aliphatic rings. The maximum absolute atomic E-state index is 14.7. The van der Waals surface area contributed by atoms with E-state index in [0.717, 1.165) is 38.9 Å². The minimum Gasteiger partial charge on any atom is -0.390 e. The van der Waals surface area contributed by atoms with E-state index in [-0.39, 0.29) is 43.3 Å². The number of pyridine rings is 2. The molecule has 2 aromatic heterocycles. The Morgan fingerprint density at radius 2 is 1.53 bits per heavy atom. The monoisotopic (exact) mass is 840 g/mol. The zero-order valence-corrected chi connectivity index (χ0v) is 36.6. The number of benzene rings is 3. The maximum Gasteiger partial charge on any atom is 0.321 e. The van der Waals surface area contributed by atoms with Gasteiger partial charge in [0.1, 0.15) is 12.1 Å². The largest absolute Gasteiger partial charge is 0.390 e. The van der Waals surface area contributed by atoms with Gasteiger partial charge in [0.2, 0.25) is 11.8 Å². The average molecular weight is 841 g/mol. The van der Waals surface area contributed by atoms with Gasteiger partial charge in [-0.25, -0.2) is 9.80 Å². The average Bonchev–Trinajstić information content (AvgIpc) is 3.61. The van der Waals surface area contributed by atoms with E-state index in [1.165, 1.54) is 6.92 Å². The highest BCUT2D eigenvalue weighted by Gasteiger charge is 2.41. The Balaban J connectivity index is 1.25. The molecule has 5 aromatic rings. The summed E-state index contributed by atoms with van der Waals surface area (Å²) < 4.78 is 0. The molecule has 13 nitrogen and oxygen atoms in total. The van der Waals surface area contributed by atoms with Crippen LogP contribution in [0.4, 0.5) is 4.79 Å². The first-order valence-corrected chi connectivity index (χ1v) is 21.4. The third-order valence-corrected chi connectivity index (χ3v) is 11.5. The molecule has 5 amide bonds. The summed E-state index contributed by atoms with van der Waals surface area (Å²) in [5.74, 6) is -1.34. The van der Waals surface area contributed by atoms with Crippen LogP contribution >= 0.6 is 0 Å². The van der Waals surface area contributed by atoms with Gasteiger partial charge in [0.15, 0.2) is 0 Å². The van der Waals surface area contributed by atoms with Gasteiger partial charge in [-0.2, -0.15) is 0 Å². The molecule has 0 spiro atoms. The third-order valence-electron chi connectivity index (χ3n) is 11.5. The SMILES string of the molecule is CCC(C)C(C(=O)NC(Cc1ccccc1)C(O)CN(Cc1ccc(-c2ccccn2)cc1)NC(=O)C(NC(C)=O)C(C)(C)C)N1CCN(Cc2ccnc3ccccc23)C1=O. The first-order chi connectivity index (χ1) is 29.7. The topological polar surface area (TPSA) is 160 Å². The van der Waals surface area contributed by atoms with Crippen molar-refractivity contribution in [1.29, 1.82) is 0 Å². The van der Waals surface area contributed by atoms with E-state index >= 15 is 0 Å². The number of hydrazine groups is 1. The summed E-state index contributed by atoms with van der Waals surface area (Å²) in [4.78, 5) is 67.4. The molecule has 5 atom stereocenters. The predicted octanol–water partition coefficient (Wildman–Crippen LogP) is 6.12. The number of aromatic nitrogens is 2. The van der Waals surface area contributed by atoms with Crippen molar-refractivity contribution in [2.45, 2.75) is 91.7 Å². The Hall–Kier alpha value is -6.18. The standard InChI is InChI=1S/C49H60N8O5/c1-7-33(2)44(57-28-27-55(48(57)62)31-38-24-26-51-41-19-12-11-17-39(38)41)46(60)53-42(29-35-15-9-8-10-16-35)43(59)32-56(54-47(61)45(49(4,5)6)52-34(3)58)30-36-20-22-37(23-21-36)40-18-13-14-25-50-40/h8-26,33,42-45,59H,7,27-32H2,1-6H3,(H,52,58)(H,53,60)(H,54,61). The molecule has 1 saturated heterocycles. The van der Waals surface area contributed by atoms with Crippen LogP contribution in [0.3, 0.4) is 0 Å². The number of nitrogens with zero attached hydrogens (tertiary/aromatic N) is 5. The summed E-state index contributed by atoms with van der Waals surface area (Å²) in [7, 11) is 0. The highest BCUT2D eigenvalue weighted by atomic mass is 16.3. The Labute approximate surface area is 364 Å². The van der Waals surface area contributed by atoms with Crippen molar-refractivity contribution in [3.8, 4) is 11.3 Å². The zero-order valence-electron chi connectivity index (χ0n) is 36.6. The number of aliphatic hydroxyl groups excluding tert-OH is 1. The third kappa shape index (κ3) is 11.6. The number of hydrogen-bond acceptors (Lipinski definition) is 8. The molecule has 1 fully saturated rings. The van der Waals surface area contributed by atoms with Crippen molar-refractivity contribution in [2.24, 2.45) is 11.3 Å². The molecule has 326 valence electrons. The zero-order chi connectivity index (χ0) is 44.4. The molecule has 0 aliphatic carbocycles. The normalized spacial score (nSPS) is 15.5. The van der Waals surface area contributed by atoms with Crippen molar-refractivity contribution in [1.82, 2.24) is 40.8 Å². The Bertz CT molecular complexity index is 2280. The van der Waals surface area contributed by atoms with Gasteiger partial charge in [0.25, 0.3) is 5.91 Å². The quantitative estimate of drug-likeness (QED) is 0.0769. The van der Waals surface area contributed by atoms with E-state index in [1.54, 1.807) is 27.2 Å². The number of carbonyl (C=O) groups excluding carboxylic acids is 4. The Kier molecular flexibility index (Phi) is 15.1. The molecule has 0 saturated carbocycles. The van der Waals surface area contributed by atoms with Crippen molar-refractivity contribution in [2.75, 3.05) is 19.6 Å². The van der Waals surface area contributed by atoms with Gasteiger partial charge in [0, 0.05) is 63.0 Å². The van der Waals surface area contributed by atoms with E-state index in [9.17, 15) is 24.3 Å². The van der Waals surface area contributed by atoms with E-state index < -0.39 is 35.6 Å². The lowest BCUT2D eigenvalue weighted by Crippen LogP contribution is -2.60. The van der Waals surface area contributed by atoms with Gasteiger partial charge >= 0.3 is 6.03 Å². The number of aliphatic hydroxyl groups is 1. The van der Waals surface area contributed by atoms with Crippen LogP contribution < -0.4 is 16.1 Å². The smallest absolute Gasteiger partial charge is 0.321 e. The Morgan fingerprint density at radius 3 is 2.21 bits per heavy atom. The van der Waals surface area contributed by atoms with Gasteiger partial charge in [-0.05, 0) is 58.7 Å². The van der Waals surface area contributed by atoms with E-state index in [2.05, 4.69) is 26.0 Å². The van der Waals surface area contributed by atoms with Gasteiger partial charge < -0.3 is 25.5 Å². The molecule has 3 aromatic carbocycles. The molecule has 6 rings (SSSR count). The highest BCUT2D eigenvalue weighted by Crippen LogP contribution is 2.26. The minimum absolute atomic E-state index is 0.0766. The fourth-order valence-corrected chi connectivity index (χ4v) is 7.99. The van der Waals surface area contributed by atoms with E-state index in [0.29, 0.717) is 26.1 Å². The molecule has 13 heteroatoms. The highest BCUT2D eigenvalue weighted by molar-refractivity contribution is 5.89. The summed E-state index contributed by atoms with van der Waals surface area (Å²) >= 11 is 0. The van der Waals surface area contributed by atoms with Crippen LogP contribution in [0.1, 0.15) is 64.7 Å². The fraction of sp³-hybridized carbons (Fsp3) is 0.388. The number of amides is 5. The maximum atomic E-state index is 14.7. The van der Waals surface area contributed by atoms with Gasteiger partial charge in [-0.1, -0.05) is 120 Å². The molecular formula is C49H60N8O5. The summed E-state index contributed by atoms with van der Waals surface area (Å²) in [5.41, 5.74) is 7.69. The number of hydrogen-bond donors (Lipinski definition) is 4. The van der Waals surface area contributed by atoms with Crippen molar-refractivity contribution in [3.05, 3.63) is 132 Å². The van der Waals surface area contributed by atoms with Crippen LogP contribution in [0.25, 0.3) is 22.2 Å². The number of urea groups is 1. The van der Waals surface area contributed by atoms with Gasteiger partial charge in [-0.3, -0.25) is 29.8 Å². The van der Waals surface area contributed by atoms with Crippen molar-refractivity contribution in [3.63, 3.8) is 0 Å². The lowest BCUT2D eigenvalue weighted by Gasteiger charge is -2.36. The molecule has 0 radical (unpaired) electrons. The number of rotatable bonds is 18. The first-order valence-electron chi connectivity index (χ1n) is 21.4. The molecule has 5 unspecified atom stereocenters. The van der Waals surface area contributed by atoms with Crippen molar-refractivity contribution >= 4 is 34.7 Å².